The lowest BCUT2D eigenvalue weighted by Crippen LogP contribution is -2.63. The molecule has 0 atom stereocenters. The van der Waals surface area contributed by atoms with Gasteiger partial charge in [-0.3, -0.25) is 25.2 Å². The molecule has 5 N–H and O–H groups in total. The van der Waals surface area contributed by atoms with Gasteiger partial charge in [0.05, 0.1) is 18.0 Å². The van der Waals surface area contributed by atoms with E-state index in [4.69, 9.17) is 4.74 Å². The van der Waals surface area contributed by atoms with Crippen LogP contribution in [0.15, 0.2) is 42.5 Å². The largest absolute Gasteiger partial charge is 0.493 e. The Hall–Kier alpha value is -3.31. The van der Waals surface area contributed by atoms with E-state index in [0.29, 0.717) is 43.7 Å². The minimum atomic E-state index is -3.53. The molecule has 0 radical (unpaired) electrons. The van der Waals surface area contributed by atoms with Gasteiger partial charge in [-0.15, -0.1) is 0 Å². The van der Waals surface area contributed by atoms with Crippen molar-refractivity contribution in [1.29, 1.82) is 0 Å². The van der Waals surface area contributed by atoms with Crippen molar-refractivity contribution in [3.05, 3.63) is 53.6 Å². The van der Waals surface area contributed by atoms with Crippen molar-refractivity contribution >= 4 is 33.2 Å². The second-order valence-electron chi connectivity index (χ2n) is 11.9. The number of benzene rings is 2. The Balaban J connectivity index is 1.38. The third-order valence-corrected chi connectivity index (χ3v) is 7.98. The second kappa shape index (κ2) is 12.9. The highest BCUT2D eigenvalue weighted by molar-refractivity contribution is 7.92. The number of anilines is 2. The maximum Gasteiger partial charge on any atom is 0.327 e. The molecule has 220 valence electrons. The number of hydrogen-bond acceptors (Lipinski definition) is 7. The number of carbonyl (C=O) groups excluding carboxylic acids is 2. The van der Waals surface area contributed by atoms with Gasteiger partial charge in [0, 0.05) is 22.8 Å². The van der Waals surface area contributed by atoms with Gasteiger partial charge in [0.1, 0.15) is 5.75 Å². The van der Waals surface area contributed by atoms with Gasteiger partial charge in [-0.25, -0.2) is 8.42 Å². The summed E-state index contributed by atoms with van der Waals surface area (Å²) in [5.74, 6) is -0.734. The molecule has 40 heavy (non-hydrogen) atoms. The van der Waals surface area contributed by atoms with Gasteiger partial charge < -0.3 is 15.4 Å². The lowest BCUT2D eigenvalue weighted by molar-refractivity contribution is -0.139. The molecule has 2 aromatic rings. The molecule has 1 aliphatic heterocycles. The van der Waals surface area contributed by atoms with E-state index >= 15 is 0 Å². The summed E-state index contributed by atoms with van der Waals surface area (Å²) in [5, 5.41) is 6.36. The quantitative estimate of drug-likeness (QED) is 0.157. The molecule has 0 unspecified atom stereocenters. The number of aryl methyl sites for hydroxylation is 2. The molecule has 1 aliphatic rings. The van der Waals surface area contributed by atoms with Crippen LogP contribution in [0.1, 0.15) is 64.5 Å². The number of sulfonamides is 1. The van der Waals surface area contributed by atoms with Crippen molar-refractivity contribution in [2.75, 3.05) is 22.5 Å². The summed E-state index contributed by atoms with van der Waals surface area (Å²) in [6.07, 6.45) is 2.49. The van der Waals surface area contributed by atoms with Gasteiger partial charge in [-0.05, 0) is 103 Å². The van der Waals surface area contributed by atoms with Crippen LogP contribution in [0.25, 0.3) is 0 Å². The number of ether oxygens (including phenoxy) is 1. The molecule has 0 bridgehead atoms. The summed E-state index contributed by atoms with van der Waals surface area (Å²) in [6, 6.07) is 12.2. The van der Waals surface area contributed by atoms with Crippen LogP contribution in [0.3, 0.4) is 0 Å². The smallest absolute Gasteiger partial charge is 0.327 e. The van der Waals surface area contributed by atoms with Crippen LogP contribution in [-0.2, 0) is 19.6 Å². The fourth-order valence-electron chi connectivity index (χ4n) is 5.25. The van der Waals surface area contributed by atoms with Crippen LogP contribution < -0.4 is 30.9 Å². The zero-order valence-corrected chi connectivity index (χ0v) is 25.1. The molecule has 2 amide bonds. The van der Waals surface area contributed by atoms with Crippen LogP contribution in [0.2, 0.25) is 0 Å². The van der Waals surface area contributed by atoms with Crippen molar-refractivity contribution in [1.82, 2.24) is 16.1 Å². The van der Waals surface area contributed by atoms with Crippen molar-refractivity contribution in [3.63, 3.8) is 0 Å². The van der Waals surface area contributed by atoms with E-state index in [1.807, 2.05) is 32.0 Å². The molecule has 0 saturated carbocycles. The Bertz CT molecular complexity index is 1280. The van der Waals surface area contributed by atoms with E-state index < -0.39 is 21.8 Å². The fourth-order valence-corrected chi connectivity index (χ4v) is 6.43. The molecule has 10 nitrogen and oxygen atoms in total. The highest BCUT2D eigenvalue weighted by atomic mass is 32.2. The first kappa shape index (κ1) is 31.2. The average molecular weight is 574 g/mol. The molecule has 0 aromatic heterocycles. The number of hydrazine groups is 1. The first-order valence-corrected chi connectivity index (χ1v) is 15.3. The zero-order chi connectivity index (χ0) is 29.6. The van der Waals surface area contributed by atoms with E-state index in [1.54, 1.807) is 24.3 Å². The van der Waals surface area contributed by atoms with E-state index in [2.05, 4.69) is 53.9 Å². The topological polar surface area (TPSA) is 138 Å². The van der Waals surface area contributed by atoms with E-state index in [1.165, 1.54) is 5.56 Å². The minimum absolute atomic E-state index is 0.0279. The second-order valence-corrected chi connectivity index (χ2v) is 13.7. The maximum atomic E-state index is 12.5. The molecule has 0 aliphatic carbocycles. The number of rotatable bonds is 11. The number of unbranched alkanes of at least 4 members (excludes halogenated alkanes) is 1. The van der Waals surface area contributed by atoms with E-state index in [9.17, 15) is 18.0 Å². The predicted molar refractivity (Wildman–Crippen MR) is 159 cm³/mol. The highest BCUT2D eigenvalue weighted by Gasteiger charge is 2.38. The van der Waals surface area contributed by atoms with Crippen LogP contribution >= 0.6 is 0 Å². The monoisotopic (exact) mass is 573 g/mol. The SMILES string of the molecule is Cc1ccc(OCCCCS(=O)(=O)Nc2ccc(NNC(=O)C(=O)NC3CC(C)(C)NC(C)(C)C3)cc2)c(C)c1. The van der Waals surface area contributed by atoms with Gasteiger partial charge >= 0.3 is 11.8 Å². The first-order chi connectivity index (χ1) is 18.6. The van der Waals surface area contributed by atoms with Crippen molar-refractivity contribution in [2.45, 2.75) is 84.3 Å². The standard InChI is InChI=1S/C29H43N5O5S/c1-20-9-14-25(21(2)17-20)39-15-7-8-16-40(37,38)33-23-12-10-22(11-13-23)31-32-27(36)26(35)30-24-18-28(3,4)34-29(5,6)19-24/h9-14,17,24,31,33-34H,7-8,15-16,18-19H2,1-6H3,(H,30,35)(H,32,36). The van der Waals surface area contributed by atoms with Crippen molar-refractivity contribution in [2.24, 2.45) is 0 Å². The summed E-state index contributed by atoms with van der Waals surface area (Å²) in [6.45, 7) is 12.7. The van der Waals surface area contributed by atoms with Crippen LogP contribution in [0.4, 0.5) is 11.4 Å². The van der Waals surface area contributed by atoms with Crippen molar-refractivity contribution < 1.29 is 22.7 Å². The number of carbonyl (C=O) groups is 2. The minimum Gasteiger partial charge on any atom is -0.493 e. The van der Waals surface area contributed by atoms with Gasteiger partial charge in [0.25, 0.3) is 0 Å². The lowest BCUT2D eigenvalue weighted by Gasteiger charge is -2.46. The Morgan fingerprint density at radius 2 is 1.55 bits per heavy atom. The number of hydrogen-bond donors (Lipinski definition) is 5. The van der Waals surface area contributed by atoms with Gasteiger partial charge in [-0.2, -0.15) is 0 Å². The average Bonchev–Trinajstić information content (AvgIpc) is 2.82. The predicted octanol–water partition coefficient (Wildman–Crippen LogP) is 3.77. The number of amides is 2. The lowest BCUT2D eigenvalue weighted by atomic mass is 9.79. The molecular formula is C29H43N5O5S. The maximum absolute atomic E-state index is 12.5. The Morgan fingerprint density at radius 1 is 0.925 bits per heavy atom. The molecule has 11 heteroatoms. The van der Waals surface area contributed by atoms with Crippen molar-refractivity contribution in [3.8, 4) is 5.75 Å². The number of nitrogens with one attached hydrogen (secondary N) is 5. The van der Waals surface area contributed by atoms with Crippen LogP contribution in [0.5, 0.6) is 5.75 Å². The molecule has 1 heterocycles. The van der Waals surface area contributed by atoms with E-state index in [-0.39, 0.29) is 22.9 Å². The molecule has 0 spiro atoms. The van der Waals surface area contributed by atoms with Gasteiger partial charge in [-0.1, -0.05) is 17.7 Å². The highest BCUT2D eigenvalue weighted by Crippen LogP contribution is 2.28. The van der Waals surface area contributed by atoms with Gasteiger partial charge in [0.2, 0.25) is 10.0 Å². The van der Waals surface area contributed by atoms with Gasteiger partial charge in [0.15, 0.2) is 0 Å². The summed E-state index contributed by atoms with van der Waals surface area (Å²) < 4.78 is 33.3. The summed E-state index contributed by atoms with van der Waals surface area (Å²) in [4.78, 5) is 24.7. The molecule has 3 rings (SSSR count). The van der Waals surface area contributed by atoms with E-state index in [0.717, 1.165) is 11.3 Å². The van der Waals surface area contributed by atoms with Crippen LogP contribution in [-0.4, -0.2) is 49.7 Å². The molecule has 2 aromatic carbocycles. The normalized spacial score (nSPS) is 16.6. The fraction of sp³-hybridized carbons (Fsp3) is 0.517. The van der Waals surface area contributed by atoms with Crippen LogP contribution in [0, 0.1) is 13.8 Å². The Kier molecular flexibility index (Phi) is 10.1. The third-order valence-electron chi connectivity index (χ3n) is 6.61. The zero-order valence-electron chi connectivity index (χ0n) is 24.3. The first-order valence-electron chi connectivity index (χ1n) is 13.6. The molecule has 1 fully saturated rings. The summed E-state index contributed by atoms with van der Waals surface area (Å²) in [5.41, 5.74) is 7.88. The molecule has 1 saturated heterocycles. The summed E-state index contributed by atoms with van der Waals surface area (Å²) in [7, 11) is -3.53. The number of piperidine rings is 1. The summed E-state index contributed by atoms with van der Waals surface area (Å²) >= 11 is 0. The molecular weight excluding hydrogens is 530 g/mol. The Labute approximate surface area is 238 Å². The Morgan fingerprint density at radius 3 is 2.17 bits per heavy atom. The third kappa shape index (κ3) is 10.0.